The minimum atomic E-state index is 0.699. The minimum absolute atomic E-state index is 0.699. The normalized spacial score (nSPS) is 11.1. The Labute approximate surface area is 154 Å². The third kappa shape index (κ3) is 3.38. The van der Waals surface area contributed by atoms with Gasteiger partial charge in [-0.3, -0.25) is 4.40 Å². The number of nitrogens with zero attached hydrogens (tertiary/aromatic N) is 4. The van der Waals surface area contributed by atoms with Crippen molar-refractivity contribution in [1.82, 2.24) is 19.6 Å². The molecule has 124 valence electrons. The van der Waals surface area contributed by atoms with Gasteiger partial charge in [-0.25, -0.2) is 4.98 Å². The molecule has 2 aromatic heterocycles. The van der Waals surface area contributed by atoms with Gasteiger partial charge in [0.1, 0.15) is 0 Å². The Kier molecular flexibility index (Phi) is 4.42. The molecule has 0 atom stereocenters. The first kappa shape index (κ1) is 16.1. The number of halogens is 1. The second-order valence-electron chi connectivity index (χ2n) is 5.68. The van der Waals surface area contributed by atoms with Crippen LogP contribution in [0.5, 0.6) is 0 Å². The van der Waals surface area contributed by atoms with Gasteiger partial charge < -0.3 is 0 Å². The van der Waals surface area contributed by atoms with E-state index in [0.29, 0.717) is 5.02 Å². The van der Waals surface area contributed by atoms with Gasteiger partial charge in [-0.05, 0) is 36.8 Å². The van der Waals surface area contributed by atoms with Crippen molar-refractivity contribution in [1.29, 1.82) is 0 Å². The van der Waals surface area contributed by atoms with E-state index in [-0.39, 0.29) is 0 Å². The Morgan fingerprint density at radius 2 is 1.76 bits per heavy atom. The topological polar surface area (TPSA) is 43.1 Å². The molecule has 0 aliphatic carbocycles. The van der Waals surface area contributed by atoms with Gasteiger partial charge in [-0.2, -0.15) is 0 Å². The Bertz CT molecular complexity index is 1010. The molecular formula is C19H15ClN4S. The maximum atomic E-state index is 6.00. The highest BCUT2D eigenvalue weighted by Gasteiger charge is 2.14. The monoisotopic (exact) mass is 366 g/mol. The van der Waals surface area contributed by atoms with Crippen molar-refractivity contribution >= 4 is 29.0 Å². The zero-order chi connectivity index (χ0) is 17.2. The van der Waals surface area contributed by atoms with Gasteiger partial charge in [-0.15, -0.1) is 10.2 Å². The van der Waals surface area contributed by atoms with E-state index in [1.807, 2.05) is 59.9 Å². The third-order valence-corrected chi connectivity index (χ3v) is 5.06. The number of aryl methyl sites for hydroxylation is 1. The molecule has 4 aromatic rings. The standard InChI is InChI=1S/C19H15ClN4S/c1-13-11-17-22-23-18(15-7-9-16(20)10-8-15)24(17)19(21-13)25-12-14-5-3-2-4-6-14/h2-11H,12H2,1H3. The lowest BCUT2D eigenvalue weighted by atomic mass is 10.2. The predicted molar refractivity (Wildman–Crippen MR) is 102 cm³/mol. The molecule has 6 heteroatoms. The molecule has 0 N–H and O–H groups in total. The SMILES string of the molecule is Cc1cc2nnc(-c3ccc(Cl)cc3)n2c(SCc2ccccc2)n1. The molecule has 0 unspecified atom stereocenters. The van der Waals surface area contributed by atoms with Crippen LogP contribution in [0.2, 0.25) is 5.02 Å². The quantitative estimate of drug-likeness (QED) is 0.374. The summed E-state index contributed by atoms with van der Waals surface area (Å²) in [5.74, 6) is 1.61. The molecule has 0 aliphatic heterocycles. The fourth-order valence-electron chi connectivity index (χ4n) is 2.60. The number of rotatable bonds is 4. The first-order valence-electron chi connectivity index (χ1n) is 7.86. The van der Waals surface area contributed by atoms with Crippen molar-refractivity contribution in [3.63, 3.8) is 0 Å². The highest BCUT2D eigenvalue weighted by Crippen LogP contribution is 2.27. The van der Waals surface area contributed by atoms with Crippen LogP contribution in [0.1, 0.15) is 11.3 Å². The number of thioether (sulfide) groups is 1. The average Bonchev–Trinajstić information content (AvgIpc) is 3.05. The molecule has 0 aliphatic rings. The molecule has 0 radical (unpaired) electrons. The Morgan fingerprint density at radius 1 is 1.00 bits per heavy atom. The average molecular weight is 367 g/mol. The molecule has 4 rings (SSSR count). The fraction of sp³-hybridized carbons (Fsp3) is 0.105. The fourth-order valence-corrected chi connectivity index (χ4v) is 3.74. The van der Waals surface area contributed by atoms with Crippen LogP contribution < -0.4 is 0 Å². The van der Waals surface area contributed by atoms with Gasteiger partial charge in [0.2, 0.25) is 0 Å². The minimum Gasteiger partial charge on any atom is -0.253 e. The second kappa shape index (κ2) is 6.86. The lowest BCUT2D eigenvalue weighted by Crippen LogP contribution is -1.99. The number of hydrogen-bond acceptors (Lipinski definition) is 4. The molecule has 0 spiro atoms. The zero-order valence-electron chi connectivity index (χ0n) is 13.6. The van der Waals surface area contributed by atoms with E-state index in [0.717, 1.165) is 33.6 Å². The van der Waals surface area contributed by atoms with E-state index >= 15 is 0 Å². The molecule has 4 nitrogen and oxygen atoms in total. The van der Waals surface area contributed by atoms with Crippen LogP contribution in [0.3, 0.4) is 0 Å². The first-order chi connectivity index (χ1) is 12.2. The summed E-state index contributed by atoms with van der Waals surface area (Å²) in [6.07, 6.45) is 0. The summed E-state index contributed by atoms with van der Waals surface area (Å²) in [4.78, 5) is 4.71. The van der Waals surface area contributed by atoms with Crippen LogP contribution in [-0.4, -0.2) is 19.6 Å². The molecule has 0 fully saturated rings. The number of aromatic nitrogens is 4. The van der Waals surface area contributed by atoms with Crippen molar-refractivity contribution in [3.8, 4) is 11.4 Å². The highest BCUT2D eigenvalue weighted by atomic mass is 35.5. The van der Waals surface area contributed by atoms with Gasteiger partial charge in [0.25, 0.3) is 0 Å². The van der Waals surface area contributed by atoms with Gasteiger partial charge in [0.05, 0.1) is 0 Å². The molecule has 2 heterocycles. The summed E-state index contributed by atoms with van der Waals surface area (Å²) in [7, 11) is 0. The van der Waals surface area contributed by atoms with Crippen molar-refractivity contribution in [3.05, 3.63) is 76.9 Å². The molecule has 0 saturated carbocycles. The van der Waals surface area contributed by atoms with E-state index in [1.165, 1.54) is 5.56 Å². The summed E-state index contributed by atoms with van der Waals surface area (Å²) in [5, 5.41) is 10.3. The zero-order valence-corrected chi connectivity index (χ0v) is 15.1. The summed E-state index contributed by atoms with van der Waals surface area (Å²) in [5.41, 5.74) is 3.94. The second-order valence-corrected chi connectivity index (χ2v) is 7.06. The van der Waals surface area contributed by atoms with Crippen molar-refractivity contribution in [2.75, 3.05) is 0 Å². The molecule has 25 heavy (non-hydrogen) atoms. The summed E-state index contributed by atoms with van der Waals surface area (Å²) < 4.78 is 2.00. The van der Waals surface area contributed by atoms with Crippen LogP contribution in [0.4, 0.5) is 0 Å². The van der Waals surface area contributed by atoms with Crippen molar-refractivity contribution < 1.29 is 0 Å². The Hall–Kier alpha value is -2.37. The molecule has 0 amide bonds. The van der Waals surface area contributed by atoms with E-state index in [1.54, 1.807) is 11.8 Å². The Balaban J connectivity index is 1.77. The number of hydrogen-bond donors (Lipinski definition) is 0. The van der Waals surface area contributed by atoms with E-state index < -0.39 is 0 Å². The van der Waals surface area contributed by atoms with Crippen LogP contribution in [0.25, 0.3) is 17.0 Å². The lowest BCUT2D eigenvalue weighted by molar-refractivity contribution is 0.881. The van der Waals surface area contributed by atoms with Crippen molar-refractivity contribution in [2.45, 2.75) is 17.8 Å². The summed E-state index contributed by atoms with van der Waals surface area (Å²) in [6.45, 7) is 1.98. The molecule has 2 aromatic carbocycles. The predicted octanol–water partition coefficient (Wildman–Crippen LogP) is 5.05. The highest BCUT2D eigenvalue weighted by molar-refractivity contribution is 7.98. The number of fused-ring (bicyclic) bond motifs is 1. The largest absolute Gasteiger partial charge is 0.253 e. The maximum absolute atomic E-state index is 6.00. The number of benzene rings is 2. The van der Waals surface area contributed by atoms with Crippen LogP contribution >= 0.6 is 23.4 Å². The van der Waals surface area contributed by atoms with Gasteiger partial charge in [0.15, 0.2) is 16.6 Å². The molecular weight excluding hydrogens is 352 g/mol. The van der Waals surface area contributed by atoms with Crippen molar-refractivity contribution in [2.24, 2.45) is 0 Å². The van der Waals surface area contributed by atoms with Gasteiger partial charge in [-0.1, -0.05) is 53.7 Å². The van der Waals surface area contributed by atoms with Crippen LogP contribution in [-0.2, 0) is 5.75 Å². The maximum Gasteiger partial charge on any atom is 0.176 e. The third-order valence-electron chi connectivity index (χ3n) is 3.80. The Morgan fingerprint density at radius 3 is 2.52 bits per heavy atom. The van der Waals surface area contributed by atoms with E-state index in [9.17, 15) is 0 Å². The van der Waals surface area contributed by atoms with Crippen LogP contribution in [0, 0.1) is 6.92 Å². The lowest BCUT2D eigenvalue weighted by Gasteiger charge is -2.08. The van der Waals surface area contributed by atoms with Gasteiger partial charge in [0, 0.05) is 28.1 Å². The van der Waals surface area contributed by atoms with E-state index in [2.05, 4.69) is 22.3 Å². The molecule has 0 bridgehead atoms. The van der Waals surface area contributed by atoms with Crippen LogP contribution in [0.15, 0.2) is 65.8 Å². The smallest absolute Gasteiger partial charge is 0.176 e. The summed E-state index contributed by atoms with van der Waals surface area (Å²) >= 11 is 7.68. The van der Waals surface area contributed by atoms with E-state index in [4.69, 9.17) is 16.6 Å². The summed E-state index contributed by atoms with van der Waals surface area (Å²) in [6, 6.07) is 19.9. The molecule has 0 saturated heterocycles. The van der Waals surface area contributed by atoms with Gasteiger partial charge >= 0.3 is 0 Å². The first-order valence-corrected chi connectivity index (χ1v) is 9.22.